The summed E-state index contributed by atoms with van der Waals surface area (Å²) in [5.41, 5.74) is 0.719. The SMILES string of the molecule is CC.CC(C)c1c(F)cc(F)cc1CO. The van der Waals surface area contributed by atoms with Gasteiger partial charge in [0.05, 0.1) is 6.61 Å². The fourth-order valence-electron chi connectivity index (χ4n) is 1.42. The van der Waals surface area contributed by atoms with Gasteiger partial charge in [-0.25, -0.2) is 8.78 Å². The lowest BCUT2D eigenvalue weighted by atomic mass is 9.97. The van der Waals surface area contributed by atoms with Crippen molar-refractivity contribution in [2.75, 3.05) is 0 Å². The van der Waals surface area contributed by atoms with Crippen LogP contribution in [0.3, 0.4) is 0 Å². The van der Waals surface area contributed by atoms with E-state index < -0.39 is 11.6 Å². The van der Waals surface area contributed by atoms with Crippen LogP contribution in [0.1, 0.15) is 44.7 Å². The Morgan fingerprint density at radius 3 is 2.13 bits per heavy atom. The lowest BCUT2D eigenvalue weighted by Gasteiger charge is -2.11. The van der Waals surface area contributed by atoms with E-state index in [1.807, 2.05) is 13.8 Å². The summed E-state index contributed by atoms with van der Waals surface area (Å²) in [5, 5.41) is 8.88. The first-order valence-electron chi connectivity index (χ1n) is 5.15. The lowest BCUT2D eigenvalue weighted by Crippen LogP contribution is -2.01. The molecule has 0 aliphatic rings. The summed E-state index contributed by atoms with van der Waals surface area (Å²) in [6.07, 6.45) is 0. The number of hydrogen-bond donors (Lipinski definition) is 1. The highest BCUT2D eigenvalue weighted by Crippen LogP contribution is 2.24. The Kier molecular flexibility index (Phi) is 6.09. The molecule has 0 atom stereocenters. The van der Waals surface area contributed by atoms with Gasteiger partial charge >= 0.3 is 0 Å². The molecule has 0 bridgehead atoms. The van der Waals surface area contributed by atoms with Gasteiger partial charge in [-0.2, -0.15) is 0 Å². The molecule has 86 valence electrons. The van der Waals surface area contributed by atoms with Crippen molar-refractivity contribution in [3.63, 3.8) is 0 Å². The predicted molar refractivity (Wildman–Crippen MR) is 57.7 cm³/mol. The van der Waals surface area contributed by atoms with Crippen molar-refractivity contribution in [3.8, 4) is 0 Å². The van der Waals surface area contributed by atoms with Crippen LogP contribution < -0.4 is 0 Å². The normalized spacial score (nSPS) is 9.87. The molecule has 0 saturated carbocycles. The third-order valence-electron chi connectivity index (χ3n) is 1.93. The van der Waals surface area contributed by atoms with E-state index >= 15 is 0 Å². The van der Waals surface area contributed by atoms with Gasteiger partial charge in [0.2, 0.25) is 0 Å². The third kappa shape index (κ3) is 3.59. The molecule has 0 unspecified atom stereocenters. The fourth-order valence-corrected chi connectivity index (χ4v) is 1.42. The first-order chi connectivity index (χ1) is 7.06. The topological polar surface area (TPSA) is 20.2 Å². The molecule has 3 heteroatoms. The average Bonchev–Trinajstić information content (AvgIpc) is 2.18. The van der Waals surface area contributed by atoms with Gasteiger partial charge in [-0.15, -0.1) is 0 Å². The van der Waals surface area contributed by atoms with E-state index in [1.165, 1.54) is 6.07 Å². The van der Waals surface area contributed by atoms with Gasteiger partial charge in [-0.05, 0) is 23.1 Å². The Morgan fingerprint density at radius 2 is 1.73 bits per heavy atom. The van der Waals surface area contributed by atoms with E-state index in [-0.39, 0.29) is 12.5 Å². The Labute approximate surface area is 89.8 Å². The summed E-state index contributed by atoms with van der Waals surface area (Å²) in [6.45, 7) is 7.27. The van der Waals surface area contributed by atoms with E-state index in [1.54, 1.807) is 13.8 Å². The van der Waals surface area contributed by atoms with Gasteiger partial charge in [0.25, 0.3) is 0 Å². The van der Waals surface area contributed by atoms with Crippen molar-refractivity contribution in [3.05, 3.63) is 34.9 Å². The quantitative estimate of drug-likeness (QED) is 0.800. The number of benzene rings is 1. The van der Waals surface area contributed by atoms with Crippen molar-refractivity contribution in [1.29, 1.82) is 0 Å². The second-order valence-electron chi connectivity index (χ2n) is 3.27. The Hall–Kier alpha value is -0.960. The van der Waals surface area contributed by atoms with E-state index in [4.69, 9.17) is 5.11 Å². The summed E-state index contributed by atoms with van der Waals surface area (Å²) in [4.78, 5) is 0. The molecule has 0 aliphatic carbocycles. The second kappa shape index (κ2) is 6.51. The molecule has 0 heterocycles. The molecule has 1 nitrogen and oxygen atoms in total. The standard InChI is InChI=1S/C10H12F2O.C2H6/c1-6(2)10-7(5-13)3-8(11)4-9(10)12;1-2/h3-4,6,13H,5H2,1-2H3;1-2H3. The van der Waals surface area contributed by atoms with Gasteiger partial charge in [0.15, 0.2) is 0 Å². The monoisotopic (exact) mass is 216 g/mol. The van der Waals surface area contributed by atoms with Crippen LogP contribution in [0, 0.1) is 11.6 Å². The summed E-state index contributed by atoms with van der Waals surface area (Å²) >= 11 is 0. The molecule has 1 rings (SSSR count). The number of halogens is 2. The minimum absolute atomic E-state index is 0.0530. The zero-order valence-corrected chi connectivity index (χ0v) is 9.64. The number of aliphatic hydroxyl groups is 1. The second-order valence-corrected chi connectivity index (χ2v) is 3.27. The van der Waals surface area contributed by atoms with Crippen molar-refractivity contribution in [2.45, 2.75) is 40.2 Å². The van der Waals surface area contributed by atoms with E-state index in [0.717, 1.165) is 6.07 Å². The van der Waals surface area contributed by atoms with Crippen molar-refractivity contribution >= 4 is 0 Å². The summed E-state index contributed by atoms with van der Waals surface area (Å²) in [5.74, 6) is -1.28. The predicted octanol–water partition coefficient (Wildman–Crippen LogP) is 3.61. The molecule has 15 heavy (non-hydrogen) atoms. The third-order valence-corrected chi connectivity index (χ3v) is 1.93. The molecular weight excluding hydrogens is 198 g/mol. The van der Waals surface area contributed by atoms with Crippen LogP contribution in [0.25, 0.3) is 0 Å². The Morgan fingerprint density at radius 1 is 1.20 bits per heavy atom. The van der Waals surface area contributed by atoms with Gasteiger partial charge in [0.1, 0.15) is 11.6 Å². The maximum atomic E-state index is 13.2. The molecular formula is C12H18F2O. The first kappa shape index (κ1) is 14.0. The molecule has 1 N–H and O–H groups in total. The highest BCUT2D eigenvalue weighted by atomic mass is 19.1. The van der Waals surface area contributed by atoms with Crippen LogP contribution in [-0.4, -0.2) is 5.11 Å². The largest absolute Gasteiger partial charge is 0.392 e. The zero-order chi connectivity index (χ0) is 12.0. The van der Waals surface area contributed by atoms with Crippen LogP contribution in [0.4, 0.5) is 8.78 Å². The molecule has 0 aliphatic heterocycles. The molecule has 0 saturated heterocycles. The number of rotatable bonds is 2. The van der Waals surface area contributed by atoms with Crippen molar-refractivity contribution in [1.82, 2.24) is 0 Å². The maximum Gasteiger partial charge on any atom is 0.129 e. The molecule has 0 fully saturated rings. The first-order valence-corrected chi connectivity index (χ1v) is 5.15. The Bertz CT molecular complexity index is 309. The van der Waals surface area contributed by atoms with Crippen LogP contribution in [-0.2, 0) is 6.61 Å². The van der Waals surface area contributed by atoms with Crippen molar-refractivity contribution < 1.29 is 13.9 Å². The molecule has 0 amide bonds. The summed E-state index contributed by atoms with van der Waals surface area (Å²) in [6, 6.07) is 2.01. The summed E-state index contributed by atoms with van der Waals surface area (Å²) < 4.78 is 25.9. The van der Waals surface area contributed by atoms with Crippen LogP contribution in [0.2, 0.25) is 0 Å². The molecule has 0 radical (unpaired) electrons. The smallest absolute Gasteiger partial charge is 0.129 e. The number of aliphatic hydroxyl groups excluding tert-OH is 1. The lowest BCUT2D eigenvalue weighted by molar-refractivity contribution is 0.278. The van der Waals surface area contributed by atoms with Gasteiger partial charge in [-0.3, -0.25) is 0 Å². The van der Waals surface area contributed by atoms with Gasteiger partial charge in [-0.1, -0.05) is 27.7 Å². The molecule has 1 aromatic carbocycles. The molecule has 1 aromatic rings. The highest BCUT2D eigenvalue weighted by Gasteiger charge is 2.13. The van der Waals surface area contributed by atoms with Crippen LogP contribution in [0.5, 0.6) is 0 Å². The molecule has 0 aromatic heterocycles. The van der Waals surface area contributed by atoms with Crippen molar-refractivity contribution in [2.24, 2.45) is 0 Å². The van der Waals surface area contributed by atoms with Crippen LogP contribution in [0.15, 0.2) is 12.1 Å². The van der Waals surface area contributed by atoms with E-state index in [0.29, 0.717) is 11.1 Å². The minimum atomic E-state index is -0.647. The highest BCUT2D eigenvalue weighted by molar-refractivity contribution is 5.31. The zero-order valence-electron chi connectivity index (χ0n) is 9.64. The van der Waals surface area contributed by atoms with E-state index in [9.17, 15) is 8.78 Å². The molecule has 0 spiro atoms. The average molecular weight is 216 g/mol. The van der Waals surface area contributed by atoms with Gasteiger partial charge in [0, 0.05) is 6.07 Å². The Balaban J connectivity index is 0.000000921. The minimum Gasteiger partial charge on any atom is -0.392 e. The number of hydrogen-bond acceptors (Lipinski definition) is 1. The maximum absolute atomic E-state index is 13.2. The van der Waals surface area contributed by atoms with Crippen LogP contribution >= 0.6 is 0 Å². The summed E-state index contributed by atoms with van der Waals surface area (Å²) in [7, 11) is 0. The van der Waals surface area contributed by atoms with E-state index in [2.05, 4.69) is 0 Å². The van der Waals surface area contributed by atoms with Gasteiger partial charge < -0.3 is 5.11 Å². The fraction of sp³-hybridized carbons (Fsp3) is 0.500.